The average molecular weight is 304 g/mol. The molecular weight excluding hydrogens is 286 g/mol. The van der Waals surface area contributed by atoms with Crippen LogP contribution in [0.2, 0.25) is 5.02 Å². The first kappa shape index (κ1) is 13.2. The first-order valence-electron chi connectivity index (χ1n) is 7.49. The van der Waals surface area contributed by atoms with Gasteiger partial charge < -0.3 is 14.6 Å². The van der Waals surface area contributed by atoms with Crippen LogP contribution >= 0.6 is 11.6 Å². The molecule has 2 bridgehead atoms. The van der Waals surface area contributed by atoms with Crippen LogP contribution in [0.4, 0.5) is 0 Å². The monoisotopic (exact) mass is 303 g/mol. The molecule has 110 valence electrons. The Labute approximate surface area is 128 Å². The molecule has 5 heteroatoms. The highest BCUT2D eigenvalue weighted by molar-refractivity contribution is 6.31. The van der Waals surface area contributed by atoms with E-state index in [-0.39, 0.29) is 5.91 Å². The number of halogens is 1. The smallest absolute Gasteiger partial charge is 0.251 e. The number of hydrogen-bond acceptors (Lipinski definition) is 2. The summed E-state index contributed by atoms with van der Waals surface area (Å²) in [6.07, 6.45) is 6.13. The first-order chi connectivity index (χ1) is 10.2. The van der Waals surface area contributed by atoms with Gasteiger partial charge in [0, 0.05) is 36.1 Å². The van der Waals surface area contributed by atoms with Gasteiger partial charge in [-0.1, -0.05) is 11.6 Å². The Bertz CT molecular complexity index is 688. The number of rotatable bonds is 2. The summed E-state index contributed by atoms with van der Waals surface area (Å²) in [5, 5.41) is 3.90. The van der Waals surface area contributed by atoms with E-state index in [1.54, 1.807) is 0 Å². The van der Waals surface area contributed by atoms with Crippen LogP contribution in [0.3, 0.4) is 0 Å². The van der Waals surface area contributed by atoms with Crippen molar-refractivity contribution in [2.24, 2.45) is 5.92 Å². The number of nitrogens with one attached hydrogen (secondary N) is 1. The number of aromatic nitrogens is 1. The predicted octanol–water partition coefficient (Wildman–Crippen LogP) is 2.42. The molecule has 21 heavy (non-hydrogen) atoms. The molecule has 2 aromatic rings. The lowest BCUT2D eigenvalue weighted by Gasteiger charge is -2.44. The maximum Gasteiger partial charge on any atom is 0.251 e. The van der Waals surface area contributed by atoms with Crippen LogP contribution in [0.15, 0.2) is 30.6 Å². The molecule has 2 aromatic heterocycles. The highest BCUT2D eigenvalue weighted by Gasteiger charge is 2.34. The molecule has 5 heterocycles. The van der Waals surface area contributed by atoms with Crippen LogP contribution < -0.4 is 5.32 Å². The summed E-state index contributed by atoms with van der Waals surface area (Å²) < 4.78 is 1.92. The van der Waals surface area contributed by atoms with Crippen molar-refractivity contribution in [3.8, 4) is 0 Å². The van der Waals surface area contributed by atoms with Gasteiger partial charge in [0.1, 0.15) is 0 Å². The van der Waals surface area contributed by atoms with Crippen LogP contribution in [0.5, 0.6) is 0 Å². The van der Waals surface area contributed by atoms with Crippen molar-refractivity contribution in [2.45, 2.75) is 18.9 Å². The van der Waals surface area contributed by atoms with E-state index in [2.05, 4.69) is 10.2 Å². The third kappa shape index (κ3) is 2.43. The van der Waals surface area contributed by atoms with Gasteiger partial charge >= 0.3 is 0 Å². The van der Waals surface area contributed by atoms with Crippen molar-refractivity contribution in [2.75, 3.05) is 19.6 Å². The van der Waals surface area contributed by atoms with E-state index >= 15 is 0 Å². The number of pyridine rings is 1. The zero-order chi connectivity index (χ0) is 14.4. The molecule has 1 amide bonds. The van der Waals surface area contributed by atoms with Crippen molar-refractivity contribution in [3.63, 3.8) is 0 Å². The Morgan fingerprint density at radius 3 is 2.81 bits per heavy atom. The van der Waals surface area contributed by atoms with Gasteiger partial charge in [0.05, 0.1) is 5.02 Å². The molecule has 1 atom stereocenters. The SMILES string of the molecule is O=C(N[C@H]1CN2CCC1CC2)c1ccn2cc(Cl)cc2c1. The van der Waals surface area contributed by atoms with E-state index in [0.29, 0.717) is 22.5 Å². The van der Waals surface area contributed by atoms with Gasteiger partial charge in [0.2, 0.25) is 0 Å². The highest BCUT2D eigenvalue weighted by Crippen LogP contribution is 2.27. The van der Waals surface area contributed by atoms with E-state index in [4.69, 9.17) is 11.6 Å². The number of hydrogen-bond donors (Lipinski definition) is 1. The van der Waals surface area contributed by atoms with Crippen LogP contribution in [0.25, 0.3) is 5.52 Å². The van der Waals surface area contributed by atoms with E-state index in [9.17, 15) is 4.79 Å². The van der Waals surface area contributed by atoms with Crippen molar-refractivity contribution >= 4 is 23.0 Å². The molecule has 5 rings (SSSR count). The van der Waals surface area contributed by atoms with E-state index in [1.165, 1.54) is 25.9 Å². The quantitative estimate of drug-likeness (QED) is 0.925. The molecule has 3 aliphatic rings. The number of carbonyl (C=O) groups excluding carboxylic acids is 1. The second-order valence-electron chi connectivity index (χ2n) is 6.12. The number of nitrogens with zero attached hydrogens (tertiary/aromatic N) is 2. The number of fused-ring (bicyclic) bond motifs is 4. The molecule has 0 aromatic carbocycles. The van der Waals surface area contributed by atoms with Gasteiger partial charge in [0.25, 0.3) is 5.91 Å². The molecule has 0 aliphatic carbocycles. The molecule has 4 nitrogen and oxygen atoms in total. The Morgan fingerprint density at radius 1 is 1.29 bits per heavy atom. The molecule has 3 aliphatic heterocycles. The van der Waals surface area contributed by atoms with E-state index in [1.807, 2.05) is 35.0 Å². The summed E-state index contributed by atoms with van der Waals surface area (Å²) >= 11 is 5.99. The minimum atomic E-state index is 0.0218. The number of carbonyl (C=O) groups is 1. The lowest BCUT2D eigenvalue weighted by Crippen LogP contribution is -2.57. The summed E-state index contributed by atoms with van der Waals surface area (Å²) in [6, 6.07) is 5.90. The third-order valence-corrected chi connectivity index (χ3v) is 5.01. The van der Waals surface area contributed by atoms with Crippen LogP contribution in [0.1, 0.15) is 23.2 Å². The second kappa shape index (κ2) is 5.04. The fourth-order valence-electron chi connectivity index (χ4n) is 3.60. The zero-order valence-electron chi connectivity index (χ0n) is 11.8. The van der Waals surface area contributed by atoms with Crippen molar-refractivity contribution in [1.29, 1.82) is 0 Å². The predicted molar refractivity (Wildman–Crippen MR) is 82.8 cm³/mol. The normalized spacial score (nSPS) is 28.0. The molecular formula is C16H18ClN3O. The molecule has 3 saturated heterocycles. The average Bonchev–Trinajstić information content (AvgIpc) is 2.87. The van der Waals surface area contributed by atoms with Gasteiger partial charge in [-0.15, -0.1) is 0 Å². The van der Waals surface area contributed by atoms with E-state index in [0.717, 1.165) is 12.1 Å². The Kier molecular flexibility index (Phi) is 3.16. The summed E-state index contributed by atoms with van der Waals surface area (Å²) in [5.41, 5.74) is 1.65. The summed E-state index contributed by atoms with van der Waals surface area (Å²) in [5.74, 6) is 0.666. The molecule has 1 N–H and O–H groups in total. The highest BCUT2D eigenvalue weighted by atomic mass is 35.5. The van der Waals surface area contributed by atoms with Gasteiger partial charge in [-0.3, -0.25) is 4.79 Å². The summed E-state index contributed by atoms with van der Waals surface area (Å²) in [4.78, 5) is 14.9. The molecule has 0 unspecified atom stereocenters. The Hall–Kier alpha value is -1.52. The minimum Gasteiger partial charge on any atom is -0.348 e. The first-order valence-corrected chi connectivity index (χ1v) is 7.87. The van der Waals surface area contributed by atoms with Crippen LogP contribution in [0, 0.1) is 5.92 Å². The standard InChI is InChI=1S/C16H18ClN3O/c17-13-8-14-7-12(3-6-20(14)9-13)16(21)18-15-10-19-4-1-11(15)2-5-19/h3,6-9,11,15H,1-2,4-5,10H2,(H,18,21)/t15-/m0/s1. The third-order valence-electron chi connectivity index (χ3n) is 4.80. The topological polar surface area (TPSA) is 36.8 Å². The van der Waals surface area contributed by atoms with Gasteiger partial charge in [-0.05, 0) is 50.0 Å². The van der Waals surface area contributed by atoms with Crippen LogP contribution in [-0.2, 0) is 0 Å². The number of amides is 1. The second-order valence-corrected chi connectivity index (χ2v) is 6.56. The fraction of sp³-hybridized carbons (Fsp3) is 0.438. The van der Waals surface area contributed by atoms with E-state index < -0.39 is 0 Å². The van der Waals surface area contributed by atoms with Crippen molar-refractivity contribution < 1.29 is 4.79 Å². The Balaban J connectivity index is 1.53. The fourth-order valence-corrected chi connectivity index (χ4v) is 3.81. The van der Waals surface area contributed by atoms with Gasteiger partial charge in [0.15, 0.2) is 0 Å². The lowest BCUT2D eigenvalue weighted by atomic mass is 9.84. The molecule has 0 radical (unpaired) electrons. The number of piperidine rings is 3. The minimum absolute atomic E-state index is 0.0218. The summed E-state index contributed by atoms with van der Waals surface area (Å²) in [7, 11) is 0. The maximum absolute atomic E-state index is 12.5. The summed E-state index contributed by atoms with van der Waals surface area (Å²) in [6.45, 7) is 3.37. The van der Waals surface area contributed by atoms with Gasteiger partial charge in [-0.2, -0.15) is 0 Å². The maximum atomic E-state index is 12.5. The zero-order valence-corrected chi connectivity index (χ0v) is 12.5. The Morgan fingerprint density at radius 2 is 2.10 bits per heavy atom. The van der Waals surface area contributed by atoms with Crippen molar-refractivity contribution in [1.82, 2.24) is 14.6 Å². The largest absolute Gasteiger partial charge is 0.348 e. The van der Waals surface area contributed by atoms with Crippen molar-refractivity contribution in [3.05, 3.63) is 41.2 Å². The lowest BCUT2D eigenvalue weighted by molar-refractivity contribution is 0.0620. The molecule has 3 fully saturated rings. The van der Waals surface area contributed by atoms with Crippen LogP contribution in [-0.4, -0.2) is 40.9 Å². The van der Waals surface area contributed by atoms with Gasteiger partial charge in [-0.25, -0.2) is 0 Å². The molecule has 0 saturated carbocycles. The molecule has 0 spiro atoms.